The van der Waals surface area contributed by atoms with Crippen LogP contribution in [0.2, 0.25) is 0 Å². The molecule has 0 spiro atoms. The van der Waals surface area contributed by atoms with Crippen molar-refractivity contribution < 1.29 is 14.6 Å². The van der Waals surface area contributed by atoms with Gasteiger partial charge < -0.3 is 14.7 Å². The smallest absolute Gasteiger partial charge is 0.248 e. The first kappa shape index (κ1) is 9.22. The van der Waals surface area contributed by atoms with Crippen molar-refractivity contribution in [3.05, 3.63) is 12.2 Å². The Bertz CT molecular complexity index is 214. The standard InChI is InChI=1S/C8H13NO3/c1-8(12-2)4-3-7(11)9(8)5-6-10/h3-4,10H,5-6H2,1-2H3. The lowest BCUT2D eigenvalue weighted by Crippen LogP contribution is -2.46. The van der Waals surface area contributed by atoms with E-state index in [1.165, 1.54) is 18.1 Å². The number of methoxy groups -OCH3 is 1. The van der Waals surface area contributed by atoms with Crippen LogP contribution < -0.4 is 0 Å². The normalized spacial score (nSPS) is 28.6. The van der Waals surface area contributed by atoms with E-state index in [0.29, 0.717) is 6.54 Å². The number of ether oxygens (including phenoxy) is 1. The molecule has 4 nitrogen and oxygen atoms in total. The summed E-state index contributed by atoms with van der Waals surface area (Å²) in [6.07, 6.45) is 3.14. The van der Waals surface area contributed by atoms with Crippen molar-refractivity contribution >= 4 is 5.91 Å². The molecule has 68 valence electrons. The fourth-order valence-electron chi connectivity index (χ4n) is 1.24. The molecule has 0 fully saturated rings. The van der Waals surface area contributed by atoms with E-state index in [9.17, 15) is 4.79 Å². The Balaban J connectivity index is 2.75. The molecule has 0 aromatic carbocycles. The second-order valence-electron chi connectivity index (χ2n) is 2.81. The molecule has 0 bridgehead atoms. The minimum atomic E-state index is -0.681. The van der Waals surface area contributed by atoms with Crippen molar-refractivity contribution in [2.24, 2.45) is 0 Å². The Hall–Kier alpha value is -0.870. The van der Waals surface area contributed by atoms with Crippen LogP contribution in [0.4, 0.5) is 0 Å². The Morgan fingerprint density at radius 2 is 2.42 bits per heavy atom. The first-order valence-corrected chi connectivity index (χ1v) is 3.81. The van der Waals surface area contributed by atoms with Gasteiger partial charge in [-0.3, -0.25) is 4.79 Å². The fraction of sp³-hybridized carbons (Fsp3) is 0.625. The van der Waals surface area contributed by atoms with Crippen molar-refractivity contribution in [3.8, 4) is 0 Å². The molecule has 1 aliphatic heterocycles. The average molecular weight is 171 g/mol. The summed E-state index contributed by atoms with van der Waals surface area (Å²) in [5, 5.41) is 8.69. The molecule has 4 heteroatoms. The number of hydrogen-bond acceptors (Lipinski definition) is 3. The van der Waals surface area contributed by atoms with Gasteiger partial charge in [-0.1, -0.05) is 0 Å². The number of carbonyl (C=O) groups is 1. The monoisotopic (exact) mass is 171 g/mol. The van der Waals surface area contributed by atoms with E-state index in [1.807, 2.05) is 0 Å². The minimum absolute atomic E-state index is 0.0492. The summed E-state index contributed by atoms with van der Waals surface area (Å²) in [6.45, 7) is 2.03. The summed E-state index contributed by atoms with van der Waals surface area (Å²) in [7, 11) is 1.54. The van der Waals surface area contributed by atoms with Crippen LogP contribution in [0, 0.1) is 0 Å². The summed E-state index contributed by atoms with van der Waals surface area (Å²) < 4.78 is 5.14. The van der Waals surface area contributed by atoms with Gasteiger partial charge in [0, 0.05) is 19.7 Å². The van der Waals surface area contributed by atoms with Crippen LogP contribution in [0.1, 0.15) is 6.92 Å². The summed E-state index contributed by atoms with van der Waals surface area (Å²) in [5.41, 5.74) is -0.681. The van der Waals surface area contributed by atoms with Gasteiger partial charge in [-0.25, -0.2) is 0 Å². The van der Waals surface area contributed by atoms with Crippen LogP contribution in [-0.4, -0.2) is 41.9 Å². The third-order valence-corrected chi connectivity index (χ3v) is 2.07. The number of nitrogens with zero attached hydrogens (tertiary/aromatic N) is 1. The maximum atomic E-state index is 11.2. The van der Waals surface area contributed by atoms with Crippen LogP contribution in [0.3, 0.4) is 0 Å². The highest BCUT2D eigenvalue weighted by molar-refractivity contribution is 5.91. The Labute approximate surface area is 71.4 Å². The maximum absolute atomic E-state index is 11.2. The lowest BCUT2D eigenvalue weighted by Gasteiger charge is -2.32. The minimum Gasteiger partial charge on any atom is -0.395 e. The largest absolute Gasteiger partial charge is 0.395 e. The highest BCUT2D eigenvalue weighted by Gasteiger charge is 2.36. The van der Waals surface area contributed by atoms with Crippen molar-refractivity contribution in [3.63, 3.8) is 0 Å². The van der Waals surface area contributed by atoms with E-state index < -0.39 is 5.72 Å². The van der Waals surface area contributed by atoms with Gasteiger partial charge in [0.15, 0.2) is 5.72 Å². The molecule has 12 heavy (non-hydrogen) atoms. The Morgan fingerprint density at radius 1 is 1.75 bits per heavy atom. The van der Waals surface area contributed by atoms with Gasteiger partial charge in [0.1, 0.15) is 0 Å². The second-order valence-corrected chi connectivity index (χ2v) is 2.81. The predicted molar refractivity (Wildman–Crippen MR) is 43.4 cm³/mol. The van der Waals surface area contributed by atoms with E-state index in [-0.39, 0.29) is 12.5 Å². The van der Waals surface area contributed by atoms with Crippen LogP contribution in [-0.2, 0) is 9.53 Å². The van der Waals surface area contributed by atoms with Gasteiger partial charge in [0.25, 0.3) is 0 Å². The maximum Gasteiger partial charge on any atom is 0.248 e. The zero-order valence-corrected chi connectivity index (χ0v) is 7.28. The summed E-state index contributed by atoms with van der Waals surface area (Å²) in [4.78, 5) is 12.7. The van der Waals surface area contributed by atoms with Crippen LogP contribution in [0.5, 0.6) is 0 Å². The van der Waals surface area contributed by atoms with Gasteiger partial charge in [-0.15, -0.1) is 0 Å². The topological polar surface area (TPSA) is 49.8 Å². The number of aliphatic hydroxyl groups is 1. The van der Waals surface area contributed by atoms with Crippen molar-refractivity contribution in [2.75, 3.05) is 20.3 Å². The number of aliphatic hydroxyl groups excluding tert-OH is 1. The number of β-amino-alcohol motifs (C(OH)–C–C–N with tert-alkyl or cyclic N) is 1. The molecule has 0 aromatic heterocycles. The molecule has 0 radical (unpaired) electrons. The van der Waals surface area contributed by atoms with Crippen molar-refractivity contribution in [2.45, 2.75) is 12.6 Å². The number of carbonyl (C=O) groups excluding carboxylic acids is 1. The fourth-order valence-corrected chi connectivity index (χ4v) is 1.24. The third kappa shape index (κ3) is 1.35. The molecular formula is C8H13NO3. The molecule has 1 amide bonds. The van der Waals surface area contributed by atoms with Gasteiger partial charge in [-0.2, -0.15) is 0 Å². The van der Waals surface area contributed by atoms with Gasteiger partial charge >= 0.3 is 0 Å². The summed E-state index contributed by atoms with van der Waals surface area (Å²) >= 11 is 0. The number of amides is 1. The predicted octanol–water partition coefficient (Wildman–Crippen LogP) is -0.260. The molecule has 1 rings (SSSR count). The van der Waals surface area contributed by atoms with Gasteiger partial charge in [0.05, 0.1) is 6.61 Å². The quantitative estimate of drug-likeness (QED) is 0.636. The molecule has 0 saturated heterocycles. The number of hydrogen-bond donors (Lipinski definition) is 1. The van der Waals surface area contributed by atoms with Crippen molar-refractivity contribution in [1.29, 1.82) is 0 Å². The van der Waals surface area contributed by atoms with E-state index in [4.69, 9.17) is 9.84 Å². The highest BCUT2D eigenvalue weighted by Crippen LogP contribution is 2.23. The van der Waals surface area contributed by atoms with E-state index >= 15 is 0 Å². The van der Waals surface area contributed by atoms with E-state index in [1.54, 1.807) is 13.0 Å². The van der Waals surface area contributed by atoms with Crippen molar-refractivity contribution in [1.82, 2.24) is 4.90 Å². The third-order valence-electron chi connectivity index (χ3n) is 2.07. The SMILES string of the molecule is COC1(C)C=CC(=O)N1CCO. The van der Waals surface area contributed by atoms with Crippen LogP contribution in [0.15, 0.2) is 12.2 Å². The molecule has 0 aliphatic carbocycles. The Morgan fingerprint density at radius 3 is 2.92 bits per heavy atom. The molecule has 0 aromatic rings. The van der Waals surface area contributed by atoms with Gasteiger partial charge in [0.2, 0.25) is 5.91 Å². The Kier molecular flexibility index (Phi) is 2.49. The first-order valence-electron chi connectivity index (χ1n) is 3.81. The van der Waals surface area contributed by atoms with Crippen LogP contribution in [0.25, 0.3) is 0 Å². The summed E-state index contributed by atoms with van der Waals surface area (Å²) in [6, 6.07) is 0. The number of rotatable bonds is 3. The summed E-state index contributed by atoms with van der Waals surface area (Å²) in [5.74, 6) is -0.117. The van der Waals surface area contributed by atoms with Gasteiger partial charge in [-0.05, 0) is 13.0 Å². The second kappa shape index (κ2) is 3.25. The lowest BCUT2D eigenvalue weighted by atomic mass is 10.2. The molecule has 1 unspecified atom stereocenters. The zero-order valence-electron chi connectivity index (χ0n) is 7.28. The molecule has 1 atom stereocenters. The molecule has 0 saturated carbocycles. The highest BCUT2D eigenvalue weighted by atomic mass is 16.5. The molecular weight excluding hydrogens is 158 g/mol. The van der Waals surface area contributed by atoms with E-state index in [2.05, 4.69) is 0 Å². The molecule has 1 N–H and O–H groups in total. The first-order chi connectivity index (χ1) is 5.64. The zero-order chi connectivity index (χ0) is 9.19. The van der Waals surface area contributed by atoms with E-state index in [0.717, 1.165) is 0 Å². The lowest BCUT2D eigenvalue weighted by molar-refractivity contribution is -0.144. The average Bonchev–Trinajstić information content (AvgIpc) is 2.34. The molecule has 1 aliphatic rings. The van der Waals surface area contributed by atoms with Crippen LogP contribution >= 0.6 is 0 Å². The molecule has 1 heterocycles.